The number of fused-ring (bicyclic) bond motifs is 1. The number of rotatable bonds is 6. The van der Waals surface area contributed by atoms with Crippen LogP contribution in [0.3, 0.4) is 0 Å². The minimum Gasteiger partial charge on any atom is -0.478 e. The smallest absolute Gasteiger partial charge is 0.339 e. The first-order valence-corrected chi connectivity index (χ1v) is 8.49. The third kappa shape index (κ3) is 3.76. The number of nitrogens with zero attached hydrogens (tertiary/aromatic N) is 3. The number of carboxylic acids is 1. The van der Waals surface area contributed by atoms with Gasteiger partial charge in [0.05, 0.1) is 23.1 Å². The summed E-state index contributed by atoms with van der Waals surface area (Å²) in [5.41, 5.74) is 3.73. The largest absolute Gasteiger partial charge is 0.478 e. The van der Waals surface area contributed by atoms with E-state index in [0.29, 0.717) is 32.4 Å². The third-order valence-electron chi connectivity index (χ3n) is 4.09. The van der Waals surface area contributed by atoms with Gasteiger partial charge in [-0.2, -0.15) is 5.10 Å². The number of nitrogens with one attached hydrogen (secondary N) is 1. The van der Waals surface area contributed by atoms with Crippen molar-refractivity contribution in [3.63, 3.8) is 0 Å². The number of carboxylic acid groups (broad SMARTS) is 1. The SMILES string of the molecule is O=C(CCc1cscn1)NCC1CCn2ncc(C(=O)O)c2C1. The Hall–Kier alpha value is -2.22. The van der Waals surface area contributed by atoms with Gasteiger partial charge in [0, 0.05) is 24.9 Å². The van der Waals surface area contributed by atoms with Crippen LogP contribution in [-0.4, -0.2) is 38.3 Å². The highest BCUT2D eigenvalue weighted by Crippen LogP contribution is 2.22. The molecular weight excluding hydrogens is 316 g/mol. The maximum Gasteiger partial charge on any atom is 0.339 e. The molecule has 2 aromatic rings. The Kier molecular flexibility index (Phi) is 4.71. The van der Waals surface area contributed by atoms with Gasteiger partial charge in [-0.1, -0.05) is 0 Å². The number of hydrogen-bond acceptors (Lipinski definition) is 5. The van der Waals surface area contributed by atoms with Gasteiger partial charge in [0.1, 0.15) is 5.56 Å². The van der Waals surface area contributed by atoms with Crippen LogP contribution in [0.1, 0.15) is 34.6 Å². The maximum absolute atomic E-state index is 11.9. The number of aryl methyl sites for hydroxylation is 2. The average molecular weight is 334 g/mol. The van der Waals surface area contributed by atoms with E-state index in [4.69, 9.17) is 5.11 Å². The lowest BCUT2D eigenvalue weighted by molar-refractivity contribution is -0.121. The van der Waals surface area contributed by atoms with Crippen LogP contribution in [0.4, 0.5) is 0 Å². The summed E-state index contributed by atoms with van der Waals surface area (Å²) in [6.45, 7) is 1.27. The molecule has 3 rings (SSSR count). The molecule has 0 saturated carbocycles. The number of amides is 1. The Morgan fingerprint density at radius 1 is 1.48 bits per heavy atom. The van der Waals surface area contributed by atoms with Crippen LogP contribution in [0.25, 0.3) is 0 Å². The van der Waals surface area contributed by atoms with E-state index < -0.39 is 5.97 Å². The van der Waals surface area contributed by atoms with Crippen molar-refractivity contribution >= 4 is 23.2 Å². The second-order valence-corrected chi connectivity index (χ2v) is 6.39. The Balaban J connectivity index is 1.48. The third-order valence-corrected chi connectivity index (χ3v) is 4.73. The number of thiazole rings is 1. The first-order valence-electron chi connectivity index (χ1n) is 7.55. The Morgan fingerprint density at radius 2 is 2.35 bits per heavy atom. The zero-order valence-electron chi connectivity index (χ0n) is 12.6. The highest BCUT2D eigenvalue weighted by Gasteiger charge is 2.25. The van der Waals surface area contributed by atoms with Crippen LogP contribution in [0, 0.1) is 5.92 Å². The summed E-state index contributed by atoms with van der Waals surface area (Å²) in [7, 11) is 0. The lowest BCUT2D eigenvalue weighted by atomic mass is 9.94. The summed E-state index contributed by atoms with van der Waals surface area (Å²) < 4.78 is 1.75. The molecule has 1 amide bonds. The fraction of sp³-hybridized carbons (Fsp3) is 0.467. The van der Waals surface area contributed by atoms with E-state index in [1.54, 1.807) is 10.2 Å². The molecular formula is C15H18N4O3S. The highest BCUT2D eigenvalue weighted by molar-refractivity contribution is 7.07. The molecule has 0 bridgehead atoms. The number of carbonyl (C=O) groups excluding carboxylic acids is 1. The predicted molar refractivity (Wildman–Crippen MR) is 84.4 cm³/mol. The average Bonchev–Trinajstić information content (AvgIpc) is 3.19. The Bertz CT molecular complexity index is 696. The Morgan fingerprint density at radius 3 is 3.09 bits per heavy atom. The second-order valence-electron chi connectivity index (χ2n) is 5.68. The van der Waals surface area contributed by atoms with E-state index >= 15 is 0 Å². The van der Waals surface area contributed by atoms with E-state index in [-0.39, 0.29) is 17.4 Å². The topological polar surface area (TPSA) is 97.1 Å². The van der Waals surface area contributed by atoms with Crippen LogP contribution >= 0.6 is 11.3 Å². The van der Waals surface area contributed by atoms with Crippen molar-refractivity contribution in [3.05, 3.63) is 34.0 Å². The van der Waals surface area contributed by atoms with Gasteiger partial charge in [-0.15, -0.1) is 11.3 Å². The molecule has 8 heteroatoms. The molecule has 23 heavy (non-hydrogen) atoms. The van der Waals surface area contributed by atoms with Gasteiger partial charge in [0.25, 0.3) is 0 Å². The summed E-state index contributed by atoms with van der Waals surface area (Å²) in [5.74, 6) is -0.685. The number of carbonyl (C=O) groups is 2. The predicted octanol–water partition coefficient (Wildman–Crippen LogP) is 1.35. The van der Waals surface area contributed by atoms with Gasteiger partial charge >= 0.3 is 5.97 Å². The molecule has 2 aromatic heterocycles. The van der Waals surface area contributed by atoms with Crippen molar-refractivity contribution in [1.29, 1.82) is 0 Å². The van der Waals surface area contributed by atoms with E-state index in [2.05, 4.69) is 15.4 Å². The summed E-state index contributed by atoms with van der Waals surface area (Å²) in [6, 6.07) is 0. The number of aromatic nitrogens is 3. The van der Waals surface area contributed by atoms with Crippen molar-refractivity contribution in [2.45, 2.75) is 32.2 Å². The quantitative estimate of drug-likeness (QED) is 0.831. The van der Waals surface area contributed by atoms with Crippen LogP contribution in [-0.2, 0) is 24.2 Å². The lowest BCUT2D eigenvalue weighted by Crippen LogP contribution is -2.33. The molecule has 1 aliphatic heterocycles. The van der Waals surface area contributed by atoms with Crippen molar-refractivity contribution in [2.24, 2.45) is 5.92 Å². The summed E-state index contributed by atoms with van der Waals surface area (Å²) in [4.78, 5) is 27.2. The van der Waals surface area contributed by atoms with Crippen molar-refractivity contribution in [2.75, 3.05) is 6.54 Å². The van der Waals surface area contributed by atoms with Crippen molar-refractivity contribution < 1.29 is 14.7 Å². The summed E-state index contributed by atoms with van der Waals surface area (Å²) in [6.07, 6.45) is 4.01. The molecule has 1 unspecified atom stereocenters. The number of aromatic carboxylic acids is 1. The van der Waals surface area contributed by atoms with Crippen LogP contribution in [0.5, 0.6) is 0 Å². The monoisotopic (exact) mass is 334 g/mol. The molecule has 7 nitrogen and oxygen atoms in total. The van der Waals surface area contributed by atoms with Gasteiger partial charge in [0.2, 0.25) is 5.91 Å². The normalized spacial score (nSPS) is 16.8. The van der Waals surface area contributed by atoms with E-state index in [1.807, 2.05) is 5.38 Å². The number of hydrogen-bond donors (Lipinski definition) is 2. The van der Waals surface area contributed by atoms with E-state index in [9.17, 15) is 9.59 Å². The van der Waals surface area contributed by atoms with Crippen LogP contribution < -0.4 is 5.32 Å². The zero-order valence-corrected chi connectivity index (χ0v) is 13.4. The molecule has 0 aromatic carbocycles. The fourth-order valence-electron chi connectivity index (χ4n) is 2.80. The molecule has 0 radical (unpaired) electrons. The fourth-order valence-corrected chi connectivity index (χ4v) is 3.39. The van der Waals surface area contributed by atoms with E-state index in [0.717, 1.165) is 17.8 Å². The van der Waals surface area contributed by atoms with Gasteiger partial charge in [-0.3, -0.25) is 9.48 Å². The van der Waals surface area contributed by atoms with Gasteiger partial charge in [-0.25, -0.2) is 9.78 Å². The van der Waals surface area contributed by atoms with Crippen LogP contribution in [0.2, 0.25) is 0 Å². The van der Waals surface area contributed by atoms with Gasteiger partial charge in [-0.05, 0) is 25.2 Å². The lowest BCUT2D eigenvalue weighted by Gasteiger charge is -2.24. The van der Waals surface area contributed by atoms with Gasteiger partial charge < -0.3 is 10.4 Å². The summed E-state index contributed by atoms with van der Waals surface area (Å²) >= 11 is 1.53. The zero-order chi connectivity index (χ0) is 16.2. The van der Waals surface area contributed by atoms with Crippen LogP contribution in [0.15, 0.2) is 17.1 Å². The first kappa shape index (κ1) is 15.7. The Labute approximate surface area is 137 Å². The van der Waals surface area contributed by atoms with Crippen molar-refractivity contribution in [3.8, 4) is 0 Å². The van der Waals surface area contributed by atoms with E-state index in [1.165, 1.54) is 17.5 Å². The minimum atomic E-state index is -0.945. The molecule has 2 N–H and O–H groups in total. The summed E-state index contributed by atoms with van der Waals surface area (Å²) in [5, 5.41) is 18.2. The molecule has 1 aliphatic rings. The molecule has 0 aliphatic carbocycles. The van der Waals surface area contributed by atoms with Crippen molar-refractivity contribution in [1.82, 2.24) is 20.1 Å². The second kappa shape index (κ2) is 6.91. The minimum absolute atomic E-state index is 0.00976. The van der Waals surface area contributed by atoms with Gasteiger partial charge in [0.15, 0.2) is 0 Å². The standard InChI is InChI=1S/C15H18N4O3S/c20-14(2-1-11-8-23-9-17-11)16-6-10-3-4-19-13(5-10)12(7-18-19)15(21)22/h7-10H,1-6H2,(H,16,20)(H,21,22). The molecule has 0 fully saturated rings. The molecule has 0 spiro atoms. The molecule has 0 saturated heterocycles. The molecule has 1 atom stereocenters. The highest BCUT2D eigenvalue weighted by atomic mass is 32.1. The molecule has 3 heterocycles. The molecule has 122 valence electrons. The first-order chi connectivity index (χ1) is 11.1. The maximum atomic E-state index is 11.9.